The van der Waals surface area contributed by atoms with Gasteiger partial charge in [-0.1, -0.05) is 12.1 Å². The van der Waals surface area contributed by atoms with E-state index in [1.807, 2.05) is 19.9 Å². The van der Waals surface area contributed by atoms with Gasteiger partial charge in [-0.2, -0.15) is 0 Å². The van der Waals surface area contributed by atoms with E-state index < -0.39 is 0 Å². The summed E-state index contributed by atoms with van der Waals surface area (Å²) >= 11 is 0. The van der Waals surface area contributed by atoms with Crippen LogP contribution in [-0.2, 0) is 4.74 Å². The van der Waals surface area contributed by atoms with Crippen LogP contribution in [0.3, 0.4) is 0 Å². The third-order valence-corrected chi connectivity index (χ3v) is 3.75. The normalized spacial score (nSPS) is 14.5. The highest BCUT2D eigenvalue weighted by molar-refractivity contribution is 6.03. The number of amides is 3. The molecule has 1 saturated heterocycles. The Balaban J connectivity index is 2.15. The minimum Gasteiger partial charge on any atom is -0.378 e. The molecule has 1 fully saturated rings. The van der Waals surface area contributed by atoms with Crippen molar-refractivity contribution in [2.24, 2.45) is 0 Å². The molecular formula is C16H23N3O3. The van der Waals surface area contributed by atoms with Crippen molar-refractivity contribution in [3.8, 4) is 0 Å². The van der Waals surface area contributed by atoms with Crippen molar-refractivity contribution in [3.63, 3.8) is 0 Å². The number of nitrogens with one attached hydrogen (secondary N) is 1. The molecule has 2 rings (SSSR count). The maximum Gasteiger partial charge on any atom is 0.321 e. The SMILES string of the molecule is CCN(CC)C(=O)Nc1ccccc1C(=O)N1CCOCC1. The molecule has 6 nitrogen and oxygen atoms in total. The van der Waals surface area contributed by atoms with Crippen LogP contribution in [0.1, 0.15) is 24.2 Å². The fourth-order valence-corrected chi connectivity index (χ4v) is 2.42. The van der Waals surface area contributed by atoms with E-state index in [2.05, 4.69) is 5.32 Å². The number of nitrogens with zero attached hydrogens (tertiary/aromatic N) is 2. The second kappa shape index (κ2) is 7.79. The van der Waals surface area contributed by atoms with Crippen LogP contribution in [0.2, 0.25) is 0 Å². The van der Waals surface area contributed by atoms with Crippen LogP contribution in [0.15, 0.2) is 24.3 Å². The number of carbonyl (C=O) groups excluding carboxylic acids is 2. The molecule has 1 N–H and O–H groups in total. The third kappa shape index (κ3) is 3.76. The summed E-state index contributed by atoms with van der Waals surface area (Å²) in [5.74, 6) is -0.0706. The van der Waals surface area contributed by atoms with Gasteiger partial charge in [0.05, 0.1) is 24.5 Å². The van der Waals surface area contributed by atoms with E-state index in [1.54, 1.807) is 28.0 Å². The van der Waals surface area contributed by atoms with Crippen LogP contribution in [0, 0.1) is 0 Å². The largest absolute Gasteiger partial charge is 0.378 e. The molecule has 0 aliphatic carbocycles. The fourth-order valence-electron chi connectivity index (χ4n) is 2.42. The first-order valence-electron chi connectivity index (χ1n) is 7.69. The van der Waals surface area contributed by atoms with Crippen LogP contribution in [-0.4, -0.2) is 61.1 Å². The van der Waals surface area contributed by atoms with E-state index in [4.69, 9.17) is 4.74 Å². The van der Waals surface area contributed by atoms with Crippen molar-refractivity contribution < 1.29 is 14.3 Å². The standard InChI is InChI=1S/C16H23N3O3/c1-3-18(4-2)16(21)17-14-8-6-5-7-13(14)15(20)19-9-11-22-12-10-19/h5-8H,3-4,9-12H2,1-2H3,(H,17,21). The summed E-state index contributed by atoms with van der Waals surface area (Å²) in [7, 11) is 0. The number of benzene rings is 1. The van der Waals surface area contributed by atoms with E-state index in [9.17, 15) is 9.59 Å². The first kappa shape index (κ1) is 16.3. The zero-order chi connectivity index (χ0) is 15.9. The summed E-state index contributed by atoms with van der Waals surface area (Å²) in [6.45, 7) is 7.37. The number of urea groups is 1. The zero-order valence-electron chi connectivity index (χ0n) is 13.2. The van der Waals surface area contributed by atoms with E-state index in [0.29, 0.717) is 50.6 Å². The molecule has 1 aromatic carbocycles. The highest BCUT2D eigenvalue weighted by Gasteiger charge is 2.22. The van der Waals surface area contributed by atoms with Crippen molar-refractivity contribution >= 4 is 17.6 Å². The molecule has 0 radical (unpaired) electrons. The van der Waals surface area contributed by atoms with E-state index >= 15 is 0 Å². The van der Waals surface area contributed by atoms with E-state index in [-0.39, 0.29) is 11.9 Å². The molecule has 0 saturated carbocycles. The first-order valence-corrected chi connectivity index (χ1v) is 7.69. The van der Waals surface area contributed by atoms with Gasteiger partial charge in [0.25, 0.3) is 5.91 Å². The second-order valence-corrected chi connectivity index (χ2v) is 5.05. The average Bonchev–Trinajstić information content (AvgIpc) is 2.56. The number of hydrogen-bond acceptors (Lipinski definition) is 3. The zero-order valence-corrected chi connectivity index (χ0v) is 13.2. The molecule has 1 heterocycles. The lowest BCUT2D eigenvalue weighted by molar-refractivity contribution is 0.0303. The Kier molecular flexibility index (Phi) is 5.77. The fraction of sp³-hybridized carbons (Fsp3) is 0.500. The maximum atomic E-state index is 12.6. The Hall–Kier alpha value is -2.08. The van der Waals surface area contributed by atoms with Gasteiger partial charge in [0.1, 0.15) is 0 Å². The summed E-state index contributed by atoms with van der Waals surface area (Å²) in [6, 6.07) is 6.94. The number of rotatable bonds is 4. The van der Waals surface area contributed by atoms with Gasteiger partial charge in [0, 0.05) is 26.2 Å². The summed E-state index contributed by atoms with van der Waals surface area (Å²) < 4.78 is 5.27. The van der Waals surface area contributed by atoms with Crippen molar-refractivity contribution in [3.05, 3.63) is 29.8 Å². The van der Waals surface area contributed by atoms with Crippen molar-refractivity contribution in [2.45, 2.75) is 13.8 Å². The lowest BCUT2D eigenvalue weighted by Crippen LogP contribution is -2.41. The molecule has 3 amide bonds. The molecule has 6 heteroatoms. The van der Waals surface area contributed by atoms with Gasteiger partial charge in [-0.25, -0.2) is 4.79 Å². The number of ether oxygens (including phenoxy) is 1. The number of carbonyl (C=O) groups is 2. The molecule has 0 aromatic heterocycles. The monoisotopic (exact) mass is 305 g/mol. The van der Waals surface area contributed by atoms with Gasteiger partial charge in [0.2, 0.25) is 0 Å². The quantitative estimate of drug-likeness (QED) is 0.926. The summed E-state index contributed by atoms with van der Waals surface area (Å²) in [6.07, 6.45) is 0. The maximum absolute atomic E-state index is 12.6. The molecular weight excluding hydrogens is 282 g/mol. The van der Waals surface area contributed by atoms with Crippen molar-refractivity contribution in [1.82, 2.24) is 9.80 Å². The van der Waals surface area contributed by atoms with Gasteiger partial charge < -0.3 is 19.9 Å². The van der Waals surface area contributed by atoms with Crippen LogP contribution >= 0.6 is 0 Å². The summed E-state index contributed by atoms with van der Waals surface area (Å²) in [5.41, 5.74) is 1.07. The van der Waals surface area contributed by atoms with Gasteiger partial charge in [-0.15, -0.1) is 0 Å². The molecule has 1 aliphatic rings. The van der Waals surface area contributed by atoms with Gasteiger partial charge in [-0.05, 0) is 26.0 Å². The van der Waals surface area contributed by atoms with Crippen molar-refractivity contribution in [1.29, 1.82) is 0 Å². The lowest BCUT2D eigenvalue weighted by Gasteiger charge is -2.28. The van der Waals surface area contributed by atoms with Gasteiger partial charge in [-0.3, -0.25) is 4.79 Å². The van der Waals surface area contributed by atoms with Crippen LogP contribution in [0.25, 0.3) is 0 Å². The van der Waals surface area contributed by atoms with Gasteiger partial charge >= 0.3 is 6.03 Å². The van der Waals surface area contributed by atoms with Crippen LogP contribution in [0.5, 0.6) is 0 Å². The summed E-state index contributed by atoms with van der Waals surface area (Å²) in [4.78, 5) is 28.2. The molecule has 120 valence electrons. The smallest absolute Gasteiger partial charge is 0.321 e. The van der Waals surface area contributed by atoms with E-state index in [1.165, 1.54) is 0 Å². The molecule has 0 bridgehead atoms. The second-order valence-electron chi connectivity index (χ2n) is 5.05. The lowest BCUT2D eigenvalue weighted by atomic mass is 10.1. The minimum absolute atomic E-state index is 0.0706. The average molecular weight is 305 g/mol. The highest BCUT2D eigenvalue weighted by Crippen LogP contribution is 2.18. The number of hydrogen-bond donors (Lipinski definition) is 1. The molecule has 22 heavy (non-hydrogen) atoms. The Labute approximate surface area is 131 Å². The molecule has 1 aromatic rings. The Morgan fingerprint density at radius 2 is 1.82 bits per heavy atom. The summed E-state index contributed by atoms with van der Waals surface area (Å²) in [5, 5.41) is 2.84. The molecule has 0 atom stereocenters. The Morgan fingerprint density at radius 3 is 2.45 bits per heavy atom. The van der Waals surface area contributed by atoms with E-state index in [0.717, 1.165) is 0 Å². The molecule has 1 aliphatic heterocycles. The Morgan fingerprint density at radius 1 is 1.18 bits per heavy atom. The van der Waals surface area contributed by atoms with Crippen molar-refractivity contribution in [2.75, 3.05) is 44.7 Å². The third-order valence-electron chi connectivity index (χ3n) is 3.75. The predicted molar refractivity (Wildman–Crippen MR) is 85.1 cm³/mol. The molecule has 0 unspecified atom stereocenters. The predicted octanol–water partition coefficient (Wildman–Crippen LogP) is 2.03. The van der Waals surface area contributed by atoms with Crippen LogP contribution in [0.4, 0.5) is 10.5 Å². The number of anilines is 1. The first-order chi connectivity index (χ1) is 10.7. The highest BCUT2D eigenvalue weighted by atomic mass is 16.5. The van der Waals surface area contributed by atoms with Gasteiger partial charge in [0.15, 0.2) is 0 Å². The molecule has 0 spiro atoms. The minimum atomic E-state index is -0.188. The number of morpholine rings is 1. The Bertz CT molecular complexity index is 523. The van der Waals surface area contributed by atoms with Crippen LogP contribution < -0.4 is 5.32 Å². The number of para-hydroxylation sites is 1. The topological polar surface area (TPSA) is 61.9 Å².